The molecular weight excluding hydrogens is 348 g/mol. The summed E-state index contributed by atoms with van der Waals surface area (Å²) in [5, 5.41) is 11.1. The highest BCUT2D eigenvalue weighted by Crippen LogP contribution is 2.32. The molecule has 1 heterocycles. The number of amides is 2. The number of para-hydroxylation sites is 2. The Hall–Kier alpha value is -2.18. The van der Waals surface area contributed by atoms with E-state index in [1.54, 1.807) is 48.5 Å². The molecule has 1 atom stereocenters. The van der Waals surface area contributed by atoms with Crippen molar-refractivity contribution in [2.75, 3.05) is 9.96 Å². The van der Waals surface area contributed by atoms with Crippen molar-refractivity contribution in [2.24, 2.45) is 0 Å². The van der Waals surface area contributed by atoms with E-state index in [9.17, 15) is 14.8 Å². The first kappa shape index (κ1) is 14.7. The molecule has 6 heteroatoms. The molecule has 1 aliphatic heterocycles. The summed E-state index contributed by atoms with van der Waals surface area (Å²) in [5.41, 5.74) is 0.962. The van der Waals surface area contributed by atoms with E-state index in [4.69, 9.17) is 0 Å². The fraction of sp³-hybridized carbons (Fsp3) is 0.125. The minimum absolute atomic E-state index is 0.0639. The topological polar surface area (TPSA) is 60.9 Å². The lowest BCUT2D eigenvalue weighted by molar-refractivity contribution is -0.121. The first-order valence-corrected chi connectivity index (χ1v) is 7.53. The van der Waals surface area contributed by atoms with Gasteiger partial charge in [0.15, 0.2) is 0 Å². The van der Waals surface area contributed by atoms with Crippen molar-refractivity contribution in [3.8, 4) is 0 Å². The number of carbonyl (C=O) groups excluding carboxylic acids is 2. The van der Waals surface area contributed by atoms with Crippen LogP contribution >= 0.6 is 15.9 Å². The molecule has 3 rings (SSSR count). The quantitative estimate of drug-likeness (QED) is 0.675. The van der Waals surface area contributed by atoms with Crippen LogP contribution in [0.1, 0.15) is 6.42 Å². The number of carbonyl (C=O) groups is 2. The highest BCUT2D eigenvalue weighted by molar-refractivity contribution is 9.10. The molecule has 0 spiro atoms. The highest BCUT2D eigenvalue weighted by Gasteiger charge is 2.43. The van der Waals surface area contributed by atoms with Crippen LogP contribution in [0.15, 0.2) is 59.1 Å². The van der Waals surface area contributed by atoms with Gasteiger partial charge in [0.25, 0.3) is 5.91 Å². The first-order chi connectivity index (χ1) is 10.6. The molecule has 5 nitrogen and oxygen atoms in total. The van der Waals surface area contributed by atoms with Crippen molar-refractivity contribution in [2.45, 2.75) is 12.5 Å². The molecule has 0 bridgehead atoms. The summed E-state index contributed by atoms with van der Waals surface area (Å²) in [4.78, 5) is 25.9. The number of rotatable bonds is 3. The summed E-state index contributed by atoms with van der Waals surface area (Å²) in [6.07, 6.45) is -0.0639. The van der Waals surface area contributed by atoms with Crippen LogP contribution in [-0.2, 0) is 9.59 Å². The highest BCUT2D eigenvalue weighted by atomic mass is 79.9. The average Bonchev–Trinajstić information content (AvgIpc) is 2.83. The van der Waals surface area contributed by atoms with Gasteiger partial charge in [0.2, 0.25) is 5.91 Å². The number of hydrogen-bond donors (Lipinski definition) is 1. The van der Waals surface area contributed by atoms with E-state index < -0.39 is 11.9 Å². The monoisotopic (exact) mass is 360 g/mol. The Bertz CT molecular complexity index is 720. The number of anilines is 2. The van der Waals surface area contributed by atoms with Crippen LogP contribution in [0.3, 0.4) is 0 Å². The van der Waals surface area contributed by atoms with Gasteiger partial charge in [-0.2, -0.15) is 0 Å². The minimum Gasteiger partial charge on any atom is -0.288 e. The van der Waals surface area contributed by atoms with Gasteiger partial charge in [-0.1, -0.05) is 30.3 Å². The number of halogens is 1. The molecule has 1 unspecified atom stereocenters. The molecule has 0 saturated carbocycles. The van der Waals surface area contributed by atoms with E-state index in [1.165, 1.54) is 0 Å². The van der Waals surface area contributed by atoms with Gasteiger partial charge in [-0.3, -0.25) is 14.8 Å². The molecule has 1 aliphatic rings. The van der Waals surface area contributed by atoms with Crippen molar-refractivity contribution in [3.05, 3.63) is 59.1 Å². The summed E-state index contributed by atoms with van der Waals surface area (Å²) in [5.74, 6) is -0.778. The maximum atomic E-state index is 12.6. The summed E-state index contributed by atoms with van der Waals surface area (Å²) >= 11 is 3.34. The van der Waals surface area contributed by atoms with E-state index in [1.807, 2.05) is 6.07 Å². The summed E-state index contributed by atoms with van der Waals surface area (Å²) in [7, 11) is 0. The molecule has 0 aromatic heterocycles. The molecule has 112 valence electrons. The summed E-state index contributed by atoms with van der Waals surface area (Å²) < 4.78 is 0.654. The Balaban J connectivity index is 1.91. The van der Waals surface area contributed by atoms with Gasteiger partial charge in [0, 0.05) is 4.47 Å². The van der Waals surface area contributed by atoms with E-state index in [0.29, 0.717) is 15.8 Å². The Morgan fingerprint density at radius 2 is 1.68 bits per heavy atom. The lowest BCUT2D eigenvalue weighted by Gasteiger charge is -2.23. The molecule has 2 aromatic carbocycles. The SMILES string of the molecule is O=C1CC(N(O)c2ccccc2)C(=O)N1c1ccccc1Br. The molecule has 0 aliphatic carbocycles. The van der Waals surface area contributed by atoms with Crippen LogP contribution in [0.25, 0.3) is 0 Å². The third-order valence-corrected chi connectivity index (χ3v) is 4.20. The van der Waals surface area contributed by atoms with Crippen LogP contribution < -0.4 is 9.96 Å². The summed E-state index contributed by atoms with van der Waals surface area (Å²) in [6, 6.07) is 14.8. The Morgan fingerprint density at radius 3 is 2.36 bits per heavy atom. The third kappa shape index (κ3) is 2.51. The number of nitrogens with zero attached hydrogens (tertiary/aromatic N) is 2. The van der Waals surface area contributed by atoms with Crippen LogP contribution in [0.2, 0.25) is 0 Å². The standard InChI is InChI=1S/C16H13BrN2O3/c17-12-8-4-5-9-13(12)18-15(20)10-14(16(18)21)19(22)11-6-2-1-3-7-11/h1-9,14,22H,10H2. The maximum Gasteiger partial charge on any atom is 0.259 e. The Labute approximate surface area is 135 Å². The largest absolute Gasteiger partial charge is 0.288 e. The predicted molar refractivity (Wildman–Crippen MR) is 85.7 cm³/mol. The second kappa shape index (κ2) is 5.90. The zero-order valence-electron chi connectivity index (χ0n) is 11.5. The first-order valence-electron chi connectivity index (χ1n) is 6.74. The van der Waals surface area contributed by atoms with Crippen LogP contribution in [0.4, 0.5) is 11.4 Å². The van der Waals surface area contributed by atoms with E-state index >= 15 is 0 Å². The van der Waals surface area contributed by atoms with Crippen molar-refractivity contribution in [3.63, 3.8) is 0 Å². The molecular formula is C16H13BrN2O3. The number of imide groups is 1. The van der Waals surface area contributed by atoms with Gasteiger partial charge >= 0.3 is 0 Å². The van der Waals surface area contributed by atoms with E-state index in [0.717, 1.165) is 9.96 Å². The average molecular weight is 361 g/mol. The predicted octanol–water partition coefficient (Wildman–Crippen LogP) is 2.98. The Kier molecular flexibility index (Phi) is 3.96. The van der Waals surface area contributed by atoms with Crippen molar-refractivity contribution >= 4 is 39.1 Å². The molecule has 22 heavy (non-hydrogen) atoms. The molecule has 1 saturated heterocycles. The zero-order chi connectivity index (χ0) is 15.7. The number of benzene rings is 2. The van der Waals surface area contributed by atoms with Crippen molar-refractivity contribution in [1.82, 2.24) is 0 Å². The fourth-order valence-electron chi connectivity index (χ4n) is 2.45. The fourth-order valence-corrected chi connectivity index (χ4v) is 2.92. The third-order valence-electron chi connectivity index (χ3n) is 3.53. The van der Waals surface area contributed by atoms with E-state index in [-0.39, 0.29) is 12.3 Å². The second-order valence-electron chi connectivity index (χ2n) is 4.92. The van der Waals surface area contributed by atoms with Crippen LogP contribution in [0.5, 0.6) is 0 Å². The van der Waals surface area contributed by atoms with Crippen molar-refractivity contribution < 1.29 is 14.8 Å². The van der Waals surface area contributed by atoms with Gasteiger partial charge < -0.3 is 0 Å². The van der Waals surface area contributed by atoms with Crippen molar-refractivity contribution in [1.29, 1.82) is 0 Å². The lowest BCUT2D eigenvalue weighted by Crippen LogP contribution is -2.40. The van der Waals surface area contributed by atoms with Gasteiger partial charge in [-0.25, -0.2) is 9.96 Å². The number of hydroxylamine groups is 1. The molecule has 1 fully saturated rings. The number of hydrogen-bond acceptors (Lipinski definition) is 4. The van der Waals surface area contributed by atoms with Gasteiger partial charge in [0.05, 0.1) is 17.8 Å². The lowest BCUT2D eigenvalue weighted by atomic mass is 10.2. The van der Waals surface area contributed by atoms with Gasteiger partial charge in [-0.05, 0) is 40.2 Å². The summed E-state index contributed by atoms with van der Waals surface area (Å²) in [6.45, 7) is 0. The minimum atomic E-state index is -0.915. The van der Waals surface area contributed by atoms with Gasteiger partial charge in [-0.15, -0.1) is 0 Å². The van der Waals surface area contributed by atoms with E-state index in [2.05, 4.69) is 15.9 Å². The molecule has 2 aromatic rings. The Morgan fingerprint density at radius 1 is 1.05 bits per heavy atom. The van der Waals surface area contributed by atoms with Gasteiger partial charge in [0.1, 0.15) is 6.04 Å². The zero-order valence-corrected chi connectivity index (χ0v) is 13.1. The molecule has 0 radical (unpaired) electrons. The van der Waals surface area contributed by atoms with Crippen LogP contribution in [0, 0.1) is 0 Å². The van der Waals surface area contributed by atoms with Crippen LogP contribution in [-0.4, -0.2) is 23.1 Å². The maximum absolute atomic E-state index is 12.6. The smallest absolute Gasteiger partial charge is 0.259 e. The normalized spacial score (nSPS) is 17.9. The molecule has 2 amide bonds. The molecule has 1 N–H and O–H groups in total. The second-order valence-corrected chi connectivity index (χ2v) is 5.77.